The fraction of sp³-hybridized carbons (Fsp3) is 0.945. The molecule has 0 aliphatic rings. The Morgan fingerprint density at radius 2 is 0.500 bits per heavy atom. The van der Waals surface area contributed by atoms with Crippen LogP contribution < -0.4 is 0 Å². The van der Waals surface area contributed by atoms with E-state index in [0.717, 1.165) is 109 Å². The first-order chi connectivity index (χ1) is 44.5. The van der Waals surface area contributed by atoms with Crippen LogP contribution in [0.4, 0.5) is 0 Å². The van der Waals surface area contributed by atoms with Gasteiger partial charge in [-0.15, -0.1) is 0 Å². The second-order valence-corrected chi connectivity index (χ2v) is 29.7. The summed E-state index contributed by atoms with van der Waals surface area (Å²) in [5, 5.41) is 10.6. The molecular weight excluding hydrogens is 1210 g/mol. The van der Waals surface area contributed by atoms with Crippen LogP contribution in [0, 0.1) is 5.92 Å². The van der Waals surface area contributed by atoms with Gasteiger partial charge in [0.25, 0.3) is 0 Å². The zero-order valence-corrected chi connectivity index (χ0v) is 61.5. The van der Waals surface area contributed by atoms with Gasteiger partial charge in [-0.1, -0.05) is 330 Å². The average Bonchev–Trinajstić information content (AvgIpc) is 1.71. The van der Waals surface area contributed by atoms with Crippen LogP contribution in [0.2, 0.25) is 0 Å². The molecule has 0 aromatic heterocycles. The van der Waals surface area contributed by atoms with Crippen LogP contribution in [-0.4, -0.2) is 96.7 Å². The van der Waals surface area contributed by atoms with Gasteiger partial charge in [0.1, 0.15) is 19.3 Å². The highest BCUT2D eigenvalue weighted by molar-refractivity contribution is 7.47. The number of hydrogen-bond donors (Lipinski definition) is 3. The molecule has 0 aliphatic carbocycles. The van der Waals surface area contributed by atoms with Crippen molar-refractivity contribution in [1.29, 1.82) is 0 Å². The molecule has 0 aliphatic heterocycles. The molecule has 0 aromatic rings. The van der Waals surface area contributed by atoms with Gasteiger partial charge in [0.05, 0.1) is 26.4 Å². The summed E-state index contributed by atoms with van der Waals surface area (Å²) in [7, 11) is -9.89. The first kappa shape index (κ1) is 90.1. The number of ether oxygens (including phenoxy) is 4. The highest BCUT2D eigenvalue weighted by Gasteiger charge is 2.30. The predicted octanol–water partition coefficient (Wildman–Crippen LogP) is 21.3. The molecule has 3 N–H and O–H groups in total. The molecule has 92 heavy (non-hydrogen) atoms. The summed E-state index contributed by atoms with van der Waals surface area (Å²) in [4.78, 5) is 72.4. The van der Waals surface area contributed by atoms with Crippen molar-refractivity contribution in [2.24, 2.45) is 5.92 Å². The summed E-state index contributed by atoms with van der Waals surface area (Å²) in [5.74, 6) is -1.34. The highest BCUT2D eigenvalue weighted by Crippen LogP contribution is 2.45. The summed E-state index contributed by atoms with van der Waals surface area (Å²) in [6.45, 7) is 7.22. The number of esters is 4. The van der Waals surface area contributed by atoms with Crippen LogP contribution in [0.15, 0.2) is 0 Å². The van der Waals surface area contributed by atoms with Gasteiger partial charge in [0.15, 0.2) is 12.2 Å². The van der Waals surface area contributed by atoms with Crippen LogP contribution in [0.1, 0.15) is 381 Å². The summed E-state index contributed by atoms with van der Waals surface area (Å²) in [5.41, 5.74) is 0. The molecule has 0 rings (SSSR count). The number of unbranched alkanes of at least 4 members (excludes halogenated alkanes) is 45. The van der Waals surface area contributed by atoms with Crippen LogP contribution in [0.3, 0.4) is 0 Å². The first-order valence-corrected chi connectivity index (χ1v) is 41.1. The molecule has 0 saturated heterocycles. The zero-order chi connectivity index (χ0) is 67.7. The van der Waals surface area contributed by atoms with Crippen molar-refractivity contribution in [3.63, 3.8) is 0 Å². The molecule has 546 valence electrons. The summed E-state index contributed by atoms with van der Waals surface area (Å²) < 4.78 is 68.2. The van der Waals surface area contributed by atoms with E-state index in [1.807, 2.05) is 0 Å². The van der Waals surface area contributed by atoms with Gasteiger partial charge >= 0.3 is 39.5 Å². The van der Waals surface area contributed by atoms with E-state index in [-0.39, 0.29) is 25.7 Å². The molecule has 0 spiro atoms. The quantitative estimate of drug-likeness (QED) is 0.0222. The molecular formula is C73H142O17P2. The van der Waals surface area contributed by atoms with Crippen molar-refractivity contribution in [3.05, 3.63) is 0 Å². The van der Waals surface area contributed by atoms with E-state index in [1.54, 1.807) is 0 Å². The maximum absolute atomic E-state index is 13.1. The number of phosphoric ester groups is 2. The van der Waals surface area contributed by atoms with E-state index in [2.05, 4.69) is 34.6 Å². The zero-order valence-electron chi connectivity index (χ0n) is 59.7. The maximum atomic E-state index is 13.1. The van der Waals surface area contributed by atoms with Gasteiger partial charge in [0, 0.05) is 25.7 Å². The summed E-state index contributed by atoms with van der Waals surface area (Å²) in [6.07, 6.45) is 54.4. The smallest absolute Gasteiger partial charge is 0.462 e. The van der Waals surface area contributed by atoms with E-state index >= 15 is 0 Å². The van der Waals surface area contributed by atoms with Crippen LogP contribution in [0.5, 0.6) is 0 Å². The molecule has 19 heteroatoms. The van der Waals surface area contributed by atoms with E-state index in [4.69, 9.17) is 37.0 Å². The minimum absolute atomic E-state index is 0.105. The molecule has 0 radical (unpaired) electrons. The summed E-state index contributed by atoms with van der Waals surface area (Å²) >= 11 is 0. The SMILES string of the molecule is CCCCCCCCCCCCCCCCCCCCCCCC(=O)O[C@H](COC(=O)CCCCCCCCCCCCCCC(C)C)COP(=O)(O)OC[C@@H](O)COP(=O)(O)OC[C@@H](COC(=O)CCCCCCCCCC)OC(=O)CCCCCCCCCC. The lowest BCUT2D eigenvalue weighted by Gasteiger charge is -2.21. The van der Waals surface area contributed by atoms with Crippen molar-refractivity contribution in [1.82, 2.24) is 0 Å². The lowest BCUT2D eigenvalue weighted by Crippen LogP contribution is -2.30. The Morgan fingerprint density at radius 1 is 0.293 bits per heavy atom. The largest absolute Gasteiger partial charge is 0.472 e. The number of phosphoric acid groups is 2. The molecule has 0 fully saturated rings. The fourth-order valence-electron chi connectivity index (χ4n) is 11.2. The third-order valence-electron chi connectivity index (χ3n) is 17.0. The average molecular weight is 1350 g/mol. The van der Waals surface area contributed by atoms with Crippen molar-refractivity contribution < 1.29 is 80.2 Å². The normalized spacial score (nSPS) is 14.0. The topological polar surface area (TPSA) is 237 Å². The summed E-state index contributed by atoms with van der Waals surface area (Å²) in [6, 6.07) is 0. The lowest BCUT2D eigenvalue weighted by molar-refractivity contribution is -0.161. The number of carbonyl (C=O) groups is 4. The lowest BCUT2D eigenvalue weighted by atomic mass is 10.0. The third kappa shape index (κ3) is 66.7. The van der Waals surface area contributed by atoms with E-state index < -0.39 is 97.5 Å². The van der Waals surface area contributed by atoms with Crippen molar-refractivity contribution in [2.45, 2.75) is 400 Å². The number of aliphatic hydroxyl groups excluding tert-OH is 1. The number of aliphatic hydroxyl groups is 1. The number of rotatable bonds is 73. The Kier molecular flexibility index (Phi) is 64.9. The third-order valence-corrected chi connectivity index (χ3v) is 18.9. The van der Waals surface area contributed by atoms with E-state index in [1.165, 1.54) is 193 Å². The number of hydrogen-bond acceptors (Lipinski definition) is 15. The van der Waals surface area contributed by atoms with Crippen LogP contribution in [-0.2, 0) is 65.4 Å². The molecule has 0 bridgehead atoms. The Balaban J connectivity index is 5.14. The molecule has 2 unspecified atom stereocenters. The Morgan fingerprint density at radius 3 is 0.739 bits per heavy atom. The van der Waals surface area contributed by atoms with Crippen molar-refractivity contribution >= 4 is 39.5 Å². The van der Waals surface area contributed by atoms with Crippen molar-refractivity contribution in [3.8, 4) is 0 Å². The fourth-order valence-corrected chi connectivity index (χ4v) is 12.8. The van der Waals surface area contributed by atoms with Gasteiger partial charge in [0.2, 0.25) is 0 Å². The molecule has 0 aromatic carbocycles. The Labute approximate surface area is 562 Å². The highest BCUT2D eigenvalue weighted by atomic mass is 31.2. The standard InChI is InChI=1S/C73H142O17P2/c1-6-9-12-15-18-21-22-23-24-25-26-27-28-29-30-31-36-39-44-49-54-59-73(78)90-69(63-84-71(76)57-52-47-43-38-35-33-32-34-37-40-45-50-55-66(4)5)65-88-92(81,82)86-61-67(74)60-85-91(79,80)87-64-68(89-72(77)58-53-48-42-20-17-14-11-8-3)62-83-70(75)56-51-46-41-19-16-13-10-7-2/h66-69,74H,6-65H2,1-5H3,(H,79,80)(H,81,82)/t67-,68+,69+/m0/s1. The predicted molar refractivity (Wildman–Crippen MR) is 372 cm³/mol. The minimum Gasteiger partial charge on any atom is -0.462 e. The van der Waals surface area contributed by atoms with Gasteiger partial charge in [-0.2, -0.15) is 0 Å². The van der Waals surface area contributed by atoms with E-state index in [9.17, 15) is 43.2 Å². The molecule has 0 saturated carbocycles. The van der Waals surface area contributed by atoms with Gasteiger partial charge in [-0.3, -0.25) is 37.3 Å². The molecule has 17 nitrogen and oxygen atoms in total. The first-order valence-electron chi connectivity index (χ1n) is 38.1. The van der Waals surface area contributed by atoms with Gasteiger partial charge in [-0.25, -0.2) is 9.13 Å². The van der Waals surface area contributed by atoms with Crippen molar-refractivity contribution in [2.75, 3.05) is 39.6 Å². The van der Waals surface area contributed by atoms with Crippen LogP contribution >= 0.6 is 15.6 Å². The Bertz CT molecular complexity index is 1770. The van der Waals surface area contributed by atoms with Gasteiger partial charge in [-0.05, 0) is 31.6 Å². The Hall–Kier alpha value is -1.94. The monoisotopic (exact) mass is 1350 g/mol. The second kappa shape index (κ2) is 66.3. The minimum atomic E-state index is -4.95. The molecule has 5 atom stereocenters. The van der Waals surface area contributed by atoms with Gasteiger partial charge < -0.3 is 33.8 Å². The maximum Gasteiger partial charge on any atom is 0.472 e. The van der Waals surface area contributed by atoms with E-state index in [0.29, 0.717) is 25.7 Å². The molecule has 0 amide bonds. The van der Waals surface area contributed by atoms with Crippen LogP contribution in [0.25, 0.3) is 0 Å². The molecule has 0 heterocycles. The second-order valence-electron chi connectivity index (χ2n) is 26.8. The number of carbonyl (C=O) groups excluding carboxylic acids is 4.